The van der Waals surface area contributed by atoms with Gasteiger partial charge in [0.1, 0.15) is 0 Å². The summed E-state index contributed by atoms with van der Waals surface area (Å²) in [5, 5.41) is 4.16. The molecule has 27 heavy (non-hydrogen) atoms. The minimum Gasteiger partial charge on any atom is -0.355 e. The maximum Gasteiger partial charge on any atom is 0.276 e. The quantitative estimate of drug-likeness (QED) is 0.691. The molecule has 1 heterocycles. The van der Waals surface area contributed by atoms with Crippen molar-refractivity contribution in [2.75, 3.05) is 0 Å². The van der Waals surface area contributed by atoms with Gasteiger partial charge in [0, 0.05) is 23.7 Å². The summed E-state index contributed by atoms with van der Waals surface area (Å²) in [6.07, 6.45) is 12.0. The van der Waals surface area contributed by atoms with Crippen molar-refractivity contribution in [1.29, 1.82) is 0 Å². The molecule has 0 aliphatic heterocycles. The molecule has 0 spiro atoms. The highest BCUT2D eigenvalue weighted by atomic mass is 16.5. The second kappa shape index (κ2) is 8.28. The minimum atomic E-state index is 0.0657. The zero-order valence-corrected chi connectivity index (χ0v) is 16.3. The molecular formula is C23H30N2O2. The van der Waals surface area contributed by atoms with Gasteiger partial charge in [-0.05, 0) is 32.6 Å². The molecule has 2 fully saturated rings. The Morgan fingerprint density at radius 2 is 1.48 bits per heavy atom. The number of benzene rings is 1. The van der Waals surface area contributed by atoms with Gasteiger partial charge >= 0.3 is 0 Å². The number of hydrogen-bond donors (Lipinski definition) is 0. The van der Waals surface area contributed by atoms with E-state index in [2.05, 4.69) is 29.1 Å². The van der Waals surface area contributed by atoms with Gasteiger partial charge in [-0.15, -0.1) is 0 Å². The van der Waals surface area contributed by atoms with Crippen LogP contribution < -0.4 is 0 Å². The molecule has 0 atom stereocenters. The third kappa shape index (κ3) is 4.10. The van der Waals surface area contributed by atoms with E-state index in [1.807, 2.05) is 18.2 Å². The number of carbonyl (C=O) groups excluding carboxylic acids is 1. The molecule has 4 nitrogen and oxygen atoms in total. The summed E-state index contributed by atoms with van der Waals surface area (Å²) in [6.45, 7) is 2.06. The maximum absolute atomic E-state index is 13.4. The number of nitrogens with zero attached hydrogens (tertiary/aromatic N) is 2. The van der Waals surface area contributed by atoms with Crippen LogP contribution in [0.4, 0.5) is 0 Å². The van der Waals surface area contributed by atoms with Crippen molar-refractivity contribution < 1.29 is 9.32 Å². The van der Waals surface area contributed by atoms with Crippen LogP contribution in [0.25, 0.3) is 11.3 Å². The highest BCUT2D eigenvalue weighted by Crippen LogP contribution is 2.32. The largest absolute Gasteiger partial charge is 0.355 e. The normalized spacial score (nSPS) is 19.1. The van der Waals surface area contributed by atoms with Gasteiger partial charge in [-0.1, -0.05) is 73.5 Å². The van der Waals surface area contributed by atoms with Gasteiger partial charge in [-0.25, -0.2) is 0 Å². The molecule has 1 aromatic heterocycles. The minimum absolute atomic E-state index is 0.0657. The molecule has 144 valence electrons. The third-order valence-electron chi connectivity index (χ3n) is 6.24. The number of aromatic nitrogens is 1. The lowest BCUT2D eigenvalue weighted by Gasteiger charge is -2.41. The van der Waals surface area contributed by atoms with E-state index in [-0.39, 0.29) is 5.91 Å². The standard InChI is InChI=1S/C23H30N2O2/c1-17-12-14-18(15-13-17)22-16-21(24-27-22)23(26)25(19-8-4-2-5-9-19)20-10-6-3-7-11-20/h12-16,19-20H,2-11H2,1H3. The second-order valence-electron chi connectivity index (χ2n) is 8.24. The molecule has 4 rings (SSSR count). The second-order valence-corrected chi connectivity index (χ2v) is 8.24. The van der Waals surface area contributed by atoms with Crippen LogP contribution in [0.15, 0.2) is 34.9 Å². The number of amides is 1. The first-order chi connectivity index (χ1) is 13.2. The molecule has 0 bridgehead atoms. The monoisotopic (exact) mass is 366 g/mol. The molecule has 4 heteroatoms. The topological polar surface area (TPSA) is 46.3 Å². The first-order valence-corrected chi connectivity index (χ1v) is 10.6. The summed E-state index contributed by atoms with van der Waals surface area (Å²) in [4.78, 5) is 15.6. The molecule has 0 saturated heterocycles. The van der Waals surface area contributed by atoms with Crippen molar-refractivity contribution >= 4 is 5.91 Å². The molecule has 1 aromatic carbocycles. The predicted octanol–water partition coefficient (Wildman–Crippen LogP) is 5.76. The van der Waals surface area contributed by atoms with E-state index in [1.54, 1.807) is 0 Å². The fourth-order valence-corrected chi connectivity index (χ4v) is 4.71. The van der Waals surface area contributed by atoms with Gasteiger partial charge in [0.25, 0.3) is 5.91 Å². The van der Waals surface area contributed by atoms with Crippen LogP contribution in [0.3, 0.4) is 0 Å². The molecule has 2 saturated carbocycles. The number of carbonyl (C=O) groups is 1. The van der Waals surface area contributed by atoms with Crippen molar-refractivity contribution in [3.8, 4) is 11.3 Å². The van der Waals surface area contributed by atoms with Crippen LogP contribution in [-0.2, 0) is 0 Å². The van der Waals surface area contributed by atoms with Crippen molar-refractivity contribution in [2.24, 2.45) is 0 Å². The lowest BCUT2D eigenvalue weighted by atomic mass is 9.88. The van der Waals surface area contributed by atoms with Crippen LogP contribution in [0.2, 0.25) is 0 Å². The van der Waals surface area contributed by atoms with Crippen molar-refractivity contribution in [2.45, 2.75) is 83.2 Å². The summed E-state index contributed by atoms with van der Waals surface area (Å²) < 4.78 is 5.54. The zero-order chi connectivity index (χ0) is 18.6. The lowest BCUT2D eigenvalue weighted by Crippen LogP contribution is -2.48. The molecule has 2 aliphatic carbocycles. The Labute approximate surface area is 161 Å². The van der Waals surface area contributed by atoms with Crippen molar-refractivity contribution in [3.05, 3.63) is 41.6 Å². The Morgan fingerprint density at radius 1 is 0.926 bits per heavy atom. The first kappa shape index (κ1) is 18.3. The van der Waals surface area contributed by atoms with E-state index in [1.165, 1.54) is 44.1 Å². The Hall–Kier alpha value is -2.10. The van der Waals surface area contributed by atoms with E-state index >= 15 is 0 Å². The van der Waals surface area contributed by atoms with Gasteiger partial charge < -0.3 is 9.42 Å². The maximum atomic E-state index is 13.4. The molecule has 0 unspecified atom stereocenters. The smallest absolute Gasteiger partial charge is 0.276 e. The highest BCUT2D eigenvalue weighted by Gasteiger charge is 2.34. The van der Waals surface area contributed by atoms with E-state index in [0.29, 0.717) is 23.5 Å². The van der Waals surface area contributed by atoms with Crippen LogP contribution in [0.1, 0.15) is 80.3 Å². The van der Waals surface area contributed by atoms with Gasteiger partial charge in [0.05, 0.1) is 0 Å². The van der Waals surface area contributed by atoms with E-state index < -0.39 is 0 Å². The lowest BCUT2D eigenvalue weighted by molar-refractivity contribution is 0.0438. The Balaban J connectivity index is 1.58. The molecule has 0 radical (unpaired) electrons. The van der Waals surface area contributed by atoms with Crippen LogP contribution in [0, 0.1) is 6.92 Å². The zero-order valence-electron chi connectivity index (χ0n) is 16.3. The average molecular weight is 367 g/mol. The van der Waals surface area contributed by atoms with Crippen LogP contribution >= 0.6 is 0 Å². The van der Waals surface area contributed by atoms with E-state index in [0.717, 1.165) is 31.2 Å². The summed E-state index contributed by atoms with van der Waals surface area (Å²) in [5.74, 6) is 0.738. The SMILES string of the molecule is Cc1ccc(-c2cc(C(=O)N(C3CCCCC3)C3CCCCC3)no2)cc1. The molecule has 1 amide bonds. The van der Waals surface area contributed by atoms with Crippen LogP contribution in [-0.4, -0.2) is 28.0 Å². The van der Waals surface area contributed by atoms with Gasteiger partial charge in [-0.2, -0.15) is 0 Å². The Morgan fingerprint density at radius 3 is 2.04 bits per heavy atom. The van der Waals surface area contributed by atoms with Gasteiger partial charge in [-0.3, -0.25) is 4.79 Å². The first-order valence-electron chi connectivity index (χ1n) is 10.6. The van der Waals surface area contributed by atoms with Gasteiger partial charge in [0.15, 0.2) is 11.5 Å². The summed E-state index contributed by atoms with van der Waals surface area (Å²) >= 11 is 0. The Bertz CT molecular complexity index is 735. The van der Waals surface area contributed by atoms with Crippen molar-refractivity contribution in [1.82, 2.24) is 10.1 Å². The Kier molecular flexibility index (Phi) is 5.61. The molecule has 2 aliphatic rings. The van der Waals surface area contributed by atoms with Crippen molar-refractivity contribution in [3.63, 3.8) is 0 Å². The molecule has 2 aromatic rings. The molecule has 0 N–H and O–H groups in total. The summed E-state index contributed by atoms with van der Waals surface area (Å²) in [7, 11) is 0. The van der Waals surface area contributed by atoms with E-state index in [9.17, 15) is 4.79 Å². The summed E-state index contributed by atoms with van der Waals surface area (Å²) in [5.41, 5.74) is 2.63. The average Bonchev–Trinajstić information content (AvgIpc) is 3.21. The van der Waals surface area contributed by atoms with Gasteiger partial charge in [0.2, 0.25) is 0 Å². The fraction of sp³-hybridized carbons (Fsp3) is 0.565. The number of aryl methyl sites for hydroxylation is 1. The van der Waals surface area contributed by atoms with Crippen LogP contribution in [0.5, 0.6) is 0 Å². The highest BCUT2D eigenvalue weighted by molar-refractivity contribution is 5.93. The third-order valence-corrected chi connectivity index (χ3v) is 6.24. The fourth-order valence-electron chi connectivity index (χ4n) is 4.71. The molecular weight excluding hydrogens is 336 g/mol. The number of rotatable bonds is 4. The predicted molar refractivity (Wildman–Crippen MR) is 107 cm³/mol. The van der Waals surface area contributed by atoms with E-state index in [4.69, 9.17) is 4.52 Å². The summed E-state index contributed by atoms with van der Waals surface area (Å²) in [6, 6.07) is 10.7. The number of hydrogen-bond acceptors (Lipinski definition) is 3.